The van der Waals surface area contributed by atoms with E-state index >= 15 is 0 Å². The zero-order valence-corrected chi connectivity index (χ0v) is 9.40. The lowest BCUT2D eigenvalue weighted by molar-refractivity contribution is -0.149. The monoisotopic (exact) mass is 259 g/mol. The predicted molar refractivity (Wildman–Crippen MR) is 55.7 cm³/mol. The molecule has 0 saturated carbocycles. The molecule has 8 heteroatoms. The van der Waals surface area contributed by atoms with Gasteiger partial charge in [0, 0.05) is 19.4 Å². The van der Waals surface area contributed by atoms with Crippen molar-refractivity contribution in [3.05, 3.63) is 0 Å². The number of likely N-dealkylation sites (tertiary alicyclic amines) is 1. The summed E-state index contributed by atoms with van der Waals surface area (Å²) in [5.74, 6) is -5.14. The fourth-order valence-corrected chi connectivity index (χ4v) is 1.87. The van der Waals surface area contributed by atoms with Crippen molar-refractivity contribution in [3.63, 3.8) is 0 Å². The standard InChI is InChI=1S/C10H13NO7/c12-7-3-5(9(15)16)4-11(7)6(10(17)18)1-2-8(13)14/h5-6H,1-4H2,(H,13,14)(H,15,16)(H,17,18). The lowest BCUT2D eigenvalue weighted by Gasteiger charge is -2.23. The number of hydrogen-bond donors (Lipinski definition) is 3. The molecule has 0 spiro atoms. The highest BCUT2D eigenvalue weighted by Gasteiger charge is 2.40. The Morgan fingerprint density at radius 3 is 2.28 bits per heavy atom. The van der Waals surface area contributed by atoms with Crippen LogP contribution >= 0.6 is 0 Å². The van der Waals surface area contributed by atoms with Crippen LogP contribution in [-0.2, 0) is 19.2 Å². The Labute approximate surface area is 102 Å². The molecule has 0 aromatic rings. The van der Waals surface area contributed by atoms with E-state index in [9.17, 15) is 19.2 Å². The second-order valence-corrected chi connectivity index (χ2v) is 4.07. The fraction of sp³-hybridized carbons (Fsp3) is 0.600. The van der Waals surface area contributed by atoms with Gasteiger partial charge in [0.05, 0.1) is 5.92 Å². The molecule has 8 nitrogen and oxygen atoms in total. The maximum Gasteiger partial charge on any atom is 0.326 e. The molecule has 1 heterocycles. The van der Waals surface area contributed by atoms with Gasteiger partial charge >= 0.3 is 17.9 Å². The van der Waals surface area contributed by atoms with Crippen LogP contribution < -0.4 is 0 Å². The van der Waals surface area contributed by atoms with E-state index in [1.165, 1.54) is 0 Å². The number of hydrogen-bond acceptors (Lipinski definition) is 4. The number of carbonyl (C=O) groups is 4. The maximum atomic E-state index is 11.5. The van der Waals surface area contributed by atoms with E-state index in [0.717, 1.165) is 4.90 Å². The lowest BCUT2D eigenvalue weighted by Crippen LogP contribution is -2.42. The summed E-state index contributed by atoms with van der Waals surface area (Å²) in [6.45, 7) is -0.190. The molecule has 1 rings (SSSR count). The Morgan fingerprint density at radius 2 is 1.89 bits per heavy atom. The summed E-state index contributed by atoms with van der Waals surface area (Å²) in [4.78, 5) is 44.6. The zero-order chi connectivity index (χ0) is 13.9. The van der Waals surface area contributed by atoms with Crippen molar-refractivity contribution in [1.82, 2.24) is 4.90 Å². The number of carboxylic acid groups (broad SMARTS) is 3. The number of carbonyl (C=O) groups excluding carboxylic acids is 1. The van der Waals surface area contributed by atoms with Crippen LogP contribution in [0.4, 0.5) is 0 Å². The van der Waals surface area contributed by atoms with Gasteiger partial charge in [-0.05, 0) is 6.42 Å². The summed E-state index contributed by atoms with van der Waals surface area (Å²) in [5, 5.41) is 26.2. The Balaban J connectivity index is 2.74. The van der Waals surface area contributed by atoms with E-state index in [-0.39, 0.29) is 19.4 Å². The molecule has 0 aromatic heterocycles. The number of nitrogens with zero attached hydrogens (tertiary/aromatic N) is 1. The van der Waals surface area contributed by atoms with Crippen LogP contribution in [0.3, 0.4) is 0 Å². The molecule has 18 heavy (non-hydrogen) atoms. The molecule has 3 N–H and O–H groups in total. The van der Waals surface area contributed by atoms with E-state index in [0.29, 0.717) is 0 Å². The van der Waals surface area contributed by atoms with Gasteiger partial charge in [-0.3, -0.25) is 14.4 Å². The molecule has 1 aliphatic heterocycles. The van der Waals surface area contributed by atoms with Gasteiger partial charge in [0.2, 0.25) is 5.91 Å². The number of carboxylic acids is 3. The minimum Gasteiger partial charge on any atom is -0.481 e. The highest BCUT2D eigenvalue weighted by molar-refractivity contribution is 5.89. The summed E-state index contributed by atoms with van der Waals surface area (Å²) in [6, 6.07) is -1.28. The van der Waals surface area contributed by atoms with Gasteiger partial charge in [-0.15, -0.1) is 0 Å². The second kappa shape index (κ2) is 5.48. The van der Waals surface area contributed by atoms with Crippen LogP contribution in [0.25, 0.3) is 0 Å². The van der Waals surface area contributed by atoms with Crippen LogP contribution in [0.1, 0.15) is 19.3 Å². The summed E-state index contributed by atoms with van der Waals surface area (Å²) in [6.07, 6.45) is -0.868. The highest BCUT2D eigenvalue weighted by atomic mass is 16.4. The van der Waals surface area contributed by atoms with Crippen LogP contribution in [0.15, 0.2) is 0 Å². The summed E-state index contributed by atoms with van der Waals surface area (Å²) >= 11 is 0. The third-order valence-electron chi connectivity index (χ3n) is 2.80. The van der Waals surface area contributed by atoms with Crippen molar-refractivity contribution in [2.45, 2.75) is 25.3 Å². The lowest BCUT2D eigenvalue weighted by atomic mass is 10.1. The van der Waals surface area contributed by atoms with Crippen molar-refractivity contribution in [2.24, 2.45) is 5.92 Å². The Hall–Kier alpha value is -2.12. The first kappa shape index (κ1) is 13.9. The molecule has 1 amide bonds. The molecule has 0 bridgehead atoms. The molecule has 1 saturated heterocycles. The summed E-state index contributed by atoms with van der Waals surface area (Å²) < 4.78 is 0. The molecule has 0 aliphatic carbocycles. The SMILES string of the molecule is O=C(O)CCC(C(=O)O)N1CC(C(=O)O)CC1=O. The van der Waals surface area contributed by atoms with Gasteiger partial charge in [0.1, 0.15) is 6.04 Å². The minimum absolute atomic E-state index is 0.190. The topological polar surface area (TPSA) is 132 Å². The van der Waals surface area contributed by atoms with Crippen LogP contribution in [-0.4, -0.2) is 56.6 Å². The molecule has 0 aromatic carbocycles. The van der Waals surface area contributed by atoms with Gasteiger partial charge in [-0.25, -0.2) is 4.79 Å². The van der Waals surface area contributed by atoms with Crippen LogP contribution in [0, 0.1) is 5.92 Å². The van der Waals surface area contributed by atoms with Crippen molar-refractivity contribution >= 4 is 23.8 Å². The van der Waals surface area contributed by atoms with Crippen LogP contribution in [0.5, 0.6) is 0 Å². The Bertz CT molecular complexity index is 392. The largest absolute Gasteiger partial charge is 0.481 e. The quantitative estimate of drug-likeness (QED) is 0.570. The van der Waals surface area contributed by atoms with E-state index in [1.807, 2.05) is 0 Å². The maximum absolute atomic E-state index is 11.5. The number of rotatable bonds is 6. The number of aliphatic carboxylic acids is 3. The molecule has 2 unspecified atom stereocenters. The summed E-state index contributed by atoms with van der Waals surface area (Å²) in [7, 11) is 0. The molecule has 1 aliphatic rings. The second-order valence-electron chi connectivity index (χ2n) is 4.07. The van der Waals surface area contributed by atoms with Gasteiger partial charge in [-0.2, -0.15) is 0 Å². The smallest absolute Gasteiger partial charge is 0.326 e. The first-order valence-electron chi connectivity index (χ1n) is 5.29. The molecule has 2 atom stereocenters. The van der Waals surface area contributed by atoms with Gasteiger partial charge < -0.3 is 20.2 Å². The first-order valence-corrected chi connectivity index (χ1v) is 5.29. The molecule has 100 valence electrons. The van der Waals surface area contributed by atoms with Gasteiger partial charge in [-0.1, -0.05) is 0 Å². The number of amides is 1. The average Bonchev–Trinajstić information content (AvgIpc) is 2.60. The minimum atomic E-state index is -1.32. The Morgan fingerprint density at radius 1 is 1.28 bits per heavy atom. The van der Waals surface area contributed by atoms with Crippen molar-refractivity contribution in [3.8, 4) is 0 Å². The molecular weight excluding hydrogens is 246 g/mol. The van der Waals surface area contributed by atoms with Gasteiger partial charge in [0.15, 0.2) is 0 Å². The van der Waals surface area contributed by atoms with Gasteiger partial charge in [0.25, 0.3) is 0 Å². The Kier molecular flexibility index (Phi) is 4.24. The third-order valence-corrected chi connectivity index (χ3v) is 2.80. The van der Waals surface area contributed by atoms with Crippen molar-refractivity contribution in [2.75, 3.05) is 6.54 Å². The fourth-order valence-electron chi connectivity index (χ4n) is 1.87. The zero-order valence-electron chi connectivity index (χ0n) is 9.40. The normalized spacial score (nSPS) is 20.8. The van der Waals surface area contributed by atoms with Crippen LogP contribution in [0.2, 0.25) is 0 Å². The van der Waals surface area contributed by atoms with E-state index in [2.05, 4.69) is 0 Å². The third kappa shape index (κ3) is 3.19. The molecular formula is C10H13NO7. The average molecular weight is 259 g/mol. The van der Waals surface area contributed by atoms with E-state index in [1.54, 1.807) is 0 Å². The first-order chi connectivity index (χ1) is 8.32. The molecule has 1 fully saturated rings. The van der Waals surface area contributed by atoms with Crippen molar-refractivity contribution in [1.29, 1.82) is 0 Å². The van der Waals surface area contributed by atoms with E-state index < -0.39 is 42.2 Å². The highest BCUT2D eigenvalue weighted by Crippen LogP contribution is 2.22. The predicted octanol–water partition coefficient (Wildman–Crippen LogP) is -0.762. The van der Waals surface area contributed by atoms with E-state index in [4.69, 9.17) is 15.3 Å². The molecule has 0 radical (unpaired) electrons. The van der Waals surface area contributed by atoms with Crippen molar-refractivity contribution < 1.29 is 34.5 Å². The summed E-state index contributed by atoms with van der Waals surface area (Å²) in [5.41, 5.74) is 0.